The second kappa shape index (κ2) is 5.86. The maximum absolute atomic E-state index is 5.90. The van der Waals surface area contributed by atoms with Crippen LogP contribution < -0.4 is 10.7 Å². The number of hydrogen-bond donors (Lipinski definition) is 2. The second-order valence-corrected chi connectivity index (χ2v) is 5.35. The highest BCUT2D eigenvalue weighted by Crippen LogP contribution is 2.37. The van der Waals surface area contributed by atoms with Crippen molar-refractivity contribution in [3.63, 3.8) is 0 Å². The van der Waals surface area contributed by atoms with Crippen LogP contribution in [0.1, 0.15) is 27.7 Å². The largest absolute Gasteiger partial charge is 0.502 e. The molecule has 0 atom stereocenters. The van der Waals surface area contributed by atoms with Crippen molar-refractivity contribution in [2.24, 2.45) is 5.73 Å². The Morgan fingerprint density at radius 3 is 2.28 bits per heavy atom. The molecule has 0 unspecified atom stereocenters. The zero-order chi connectivity index (χ0) is 13.8. The van der Waals surface area contributed by atoms with Gasteiger partial charge in [0.15, 0.2) is 12.8 Å². The highest BCUT2D eigenvalue weighted by Gasteiger charge is 2.52. The first-order chi connectivity index (χ1) is 8.34. The van der Waals surface area contributed by atoms with Gasteiger partial charge in [-0.1, -0.05) is 0 Å². The van der Waals surface area contributed by atoms with Gasteiger partial charge in [0.1, 0.15) is 6.61 Å². The van der Waals surface area contributed by atoms with E-state index in [1.165, 1.54) is 6.20 Å². The fraction of sp³-hybridized carbons (Fsp3) is 0.750. The normalized spacial score (nSPS) is 22.9. The van der Waals surface area contributed by atoms with Crippen LogP contribution in [0.3, 0.4) is 0 Å². The van der Waals surface area contributed by atoms with Gasteiger partial charge in [-0.15, -0.1) is 0 Å². The van der Waals surface area contributed by atoms with Crippen molar-refractivity contribution < 1.29 is 19.0 Å². The Morgan fingerprint density at radius 2 is 1.83 bits per heavy atom. The molecule has 1 aliphatic heterocycles. The molecule has 0 aromatic heterocycles. The van der Waals surface area contributed by atoms with Crippen LogP contribution in [-0.4, -0.2) is 44.8 Å². The van der Waals surface area contributed by atoms with Gasteiger partial charge in [-0.05, 0) is 33.9 Å². The van der Waals surface area contributed by atoms with Gasteiger partial charge in [0.2, 0.25) is 0 Å². The molecule has 1 saturated heterocycles. The molecule has 1 aliphatic rings. The lowest BCUT2D eigenvalue weighted by Gasteiger charge is -2.32. The minimum Gasteiger partial charge on any atom is -0.405 e. The summed E-state index contributed by atoms with van der Waals surface area (Å²) in [7, 11) is 1.23. The van der Waals surface area contributed by atoms with E-state index in [2.05, 4.69) is 4.99 Å². The van der Waals surface area contributed by atoms with Gasteiger partial charge in [-0.2, -0.15) is 0 Å². The van der Waals surface area contributed by atoms with Crippen molar-refractivity contribution >= 4 is 13.3 Å². The Labute approximate surface area is 110 Å². The number of nitrogens with one attached hydrogen (secondary N) is 1. The van der Waals surface area contributed by atoms with Crippen LogP contribution in [0, 0.1) is 0 Å². The molecule has 102 valence electrons. The topological polar surface area (TPSA) is 67.7 Å². The Hall–Kier alpha value is -0.845. The third kappa shape index (κ3) is 3.34. The van der Waals surface area contributed by atoms with Gasteiger partial charge in [-0.25, -0.2) is 4.99 Å². The summed E-state index contributed by atoms with van der Waals surface area (Å²) in [6.07, 6.45) is 3.31. The molecule has 0 aliphatic carbocycles. The van der Waals surface area contributed by atoms with Gasteiger partial charge >= 0.3 is 7.12 Å². The standard InChI is InChI=1S/C12H23BN2O3/c1-11(2)12(3,4)18-13(17-11)10(8-14)9-15-6-7-16-5/h8-9H,6-7,14H2,1-5H3/p+1. The third-order valence-electron chi connectivity index (χ3n) is 3.44. The summed E-state index contributed by atoms with van der Waals surface area (Å²) in [6.45, 7) is 9.41. The van der Waals surface area contributed by atoms with E-state index in [0.717, 1.165) is 5.47 Å². The van der Waals surface area contributed by atoms with E-state index in [0.29, 0.717) is 13.2 Å². The molecule has 1 rings (SSSR count). The minimum atomic E-state index is -0.435. The van der Waals surface area contributed by atoms with Gasteiger partial charge in [-0.3, -0.25) is 0 Å². The Bertz CT molecular complexity index is 324. The van der Waals surface area contributed by atoms with Crippen LogP contribution in [0.25, 0.3) is 0 Å². The molecule has 0 saturated carbocycles. The van der Waals surface area contributed by atoms with Crippen LogP contribution in [0.5, 0.6) is 0 Å². The monoisotopic (exact) mass is 255 g/mol. The average Bonchev–Trinajstić information content (AvgIpc) is 2.48. The van der Waals surface area contributed by atoms with Crippen molar-refractivity contribution in [3.8, 4) is 0 Å². The van der Waals surface area contributed by atoms with E-state index < -0.39 is 7.12 Å². The van der Waals surface area contributed by atoms with E-state index >= 15 is 0 Å². The van der Waals surface area contributed by atoms with Gasteiger partial charge in [0.25, 0.3) is 0 Å². The summed E-state index contributed by atoms with van der Waals surface area (Å²) in [5.74, 6) is 0. The Morgan fingerprint density at radius 1 is 1.28 bits per heavy atom. The number of ether oxygens (including phenoxy) is 1. The Kier molecular flexibility index (Phi) is 4.96. The van der Waals surface area contributed by atoms with E-state index in [9.17, 15) is 0 Å². The predicted octanol–water partition coefficient (Wildman–Crippen LogP) is -0.742. The molecular weight excluding hydrogens is 231 g/mol. The van der Waals surface area contributed by atoms with Crippen LogP contribution in [0.15, 0.2) is 11.7 Å². The fourth-order valence-electron chi connectivity index (χ4n) is 1.52. The summed E-state index contributed by atoms with van der Waals surface area (Å²) in [5, 5.41) is 0. The molecule has 0 amide bonds. The molecule has 3 N–H and O–H groups in total. The van der Waals surface area contributed by atoms with Crippen molar-refractivity contribution in [2.45, 2.75) is 38.9 Å². The van der Waals surface area contributed by atoms with Crippen molar-refractivity contribution in [1.82, 2.24) is 0 Å². The van der Waals surface area contributed by atoms with E-state index in [1.54, 1.807) is 13.3 Å². The lowest BCUT2D eigenvalue weighted by molar-refractivity contribution is -0.455. The molecule has 18 heavy (non-hydrogen) atoms. The molecule has 0 aromatic carbocycles. The molecule has 0 bridgehead atoms. The molecule has 5 nitrogen and oxygen atoms in total. The molecule has 1 heterocycles. The zero-order valence-electron chi connectivity index (χ0n) is 11.9. The molecule has 0 spiro atoms. The third-order valence-corrected chi connectivity index (χ3v) is 3.44. The zero-order valence-corrected chi connectivity index (χ0v) is 11.9. The number of nitrogens with two attached hydrogens (primary N) is 1. The number of allylic oxidation sites excluding steroid dienone is 1. The lowest BCUT2D eigenvalue weighted by Crippen LogP contribution is -2.71. The average molecular weight is 255 g/mol. The highest BCUT2D eigenvalue weighted by atomic mass is 16.7. The van der Waals surface area contributed by atoms with E-state index in [4.69, 9.17) is 19.8 Å². The number of methoxy groups -OCH3 is 1. The summed E-state index contributed by atoms with van der Waals surface area (Å²) in [6, 6.07) is 0. The quantitative estimate of drug-likeness (QED) is 0.385. The maximum atomic E-state index is 5.90. The van der Waals surface area contributed by atoms with Gasteiger partial charge in [0, 0.05) is 7.11 Å². The fourth-order valence-corrected chi connectivity index (χ4v) is 1.52. The first-order valence-corrected chi connectivity index (χ1v) is 6.17. The summed E-state index contributed by atoms with van der Waals surface area (Å²) >= 11 is 0. The van der Waals surface area contributed by atoms with E-state index in [-0.39, 0.29) is 11.2 Å². The SMILES string of the molecule is COCC[NH+]=CC(=CN)B1OC(C)(C)C(C)(C)O1. The summed E-state index contributed by atoms with van der Waals surface area (Å²) in [4.78, 5) is 3.11. The van der Waals surface area contributed by atoms with Gasteiger partial charge in [0.05, 0.1) is 16.7 Å². The van der Waals surface area contributed by atoms with Crippen LogP contribution >= 0.6 is 0 Å². The van der Waals surface area contributed by atoms with Crippen molar-refractivity contribution in [1.29, 1.82) is 0 Å². The lowest BCUT2D eigenvalue weighted by atomic mass is 9.79. The van der Waals surface area contributed by atoms with Crippen LogP contribution in [-0.2, 0) is 14.0 Å². The minimum absolute atomic E-state index is 0.355. The number of hydrogen-bond acceptors (Lipinski definition) is 4. The first kappa shape index (κ1) is 15.2. The van der Waals surface area contributed by atoms with Crippen LogP contribution in [0.2, 0.25) is 0 Å². The molecule has 1 fully saturated rings. The number of rotatable bonds is 5. The van der Waals surface area contributed by atoms with E-state index in [1.807, 2.05) is 27.7 Å². The highest BCUT2D eigenvalue weighted by molar-refractivity contribution is 6.60. The molecule has 0 radical (unpaired) electrons. The van der Waals surface area contributed by atoms with Crippen molar-refractivity contribution in [2.75, 3.05) is 20.3 Å². The van der Waals surface area contributed by atoms with Gasteiger partial charge < -0.3 is 19.8 Å². The Balaban J connectivity index is 2.67. The predicted molar refractivity (Wildman–Crippen MR) is 72.1 cm³/mol. The maximum Gasteiger partial charge on any atom is 0.502 e. The molecule has 0 aromatic rings. The smallest absolute Gasteiger partial charge is 0.405 e. The summed E-state index contributed by atoms with van der Waals surface area (Å²) < 4.78 is 16.8. The molecular formula is C12H24BN2O3+. The van der Waals surface area contributed by atoms with Crippen LogP contribution in [0.4, 0.5) is 0 Å². The molecule has 6 heteroatoms. The second-order valence-electron chi connectivity index (χ2n) is 5.35. The van der Waals surface area contributed by atoms with Crippen molar-refractivity contribution in [3.05, 3.63) is 11.7 Å². The summed E-state index contributed by atoms with van der Waals surface area (Å²) in [5.41, 5.74) is 5.69. The first-order valence-electron chi connectivity index (χ1n) is 6.17.